The number of carbonyl (C=O) groups is 1. The van der Waals surface area contributed by atoms with Gasteiger partial charge in [0, 0.05) is 59.3 Å². The Morgan fingerprint density at radius 2 is 1.80 bits per heavy atom. The van der Waals surface area contributed by atoms with Crippen LogP contribution in [0.1, 0.15) is 51.3 Å². The lowest BCUT2D eigenvalue weighted by atomic mass is 9.91. The second kappa shape index (κ2) is 11.4. The van der Waals surface area contributed by atoms with Crippen molar-refractivity contribution < 1.29 is 14.3 Å². The number of hydrogen-bond acceptors (Lipinski definition) is 8. The Hall–Kier alpha value is -3.50. The molecule has 2 bridgehead atoms. The van der Waals surface area contributed by atoms with Gasteiger partial charge in [-0.15, -0.1) is 11.3 Å². The van der Waals surface area contributed by atoms with Gasteiger partial charge in [0.05, 0.1) is 27.9 Å². The number of esters is 1. The van der Waals surface area contributed by atoms with E-state index >= 15 is 0 Å². The van der Waals surface area contributed by atoms with Gasteiger partial charge in [0.1, 0.15) is 5.01 Å². The highest BCUT2D eigenvalue weighted by atomic mass is 35.5. The summed E-state index contributed by atoms with van der Waals surface area (Å²) in [6.45, 7) is 11.9. The minimum atomic E-state index is -0.912. The molecule has 0 aliphatic carbocycles. The highest BCUT2D eigenvalue weighted by molar-refractivity contribution is 7.22. The summed E-state index contributed by atoms with van der Waals surface area (Å²) in [5, 5.41) is 11.2. The topological polar surface area (TPSA) is 81.5 Å². The van der Waals surface area contributed by atoms with Gasteiger partial charge < -0.3 is 19.7 Å². The fourth-order valence-corrected chi connectivity index (χ4v) is 7.92. The van der Waals surface area contributed by atoms with Gasteiger partial charge in [-0.1, -0.05) is 23.7 Å². The number of rotatable bonds is 7. The lowest BCUT2D eigenvalue weighted by Gasteiger charge is -2.48. The van der Waals surface area contributed by atoms with Gasteiger partial charge >= 0.3 is 5.97 Å². The molecule has 3 saturated heterocycles. The third-order valence-corrected chi connectivity index (χ3v) is 9.98. The van der Waals surface area contributed by atoms with Crippen LogP contribution in [-0.4, -0.2) is 58.1 Å². The Morgan fingerprint density at radius 1 is 1.11 bits per heavy atom. The van der Waals surface area contributed by atoms with E-state index in [4.69, 9.17) is 31.2 Å². The number of aromatic nitrogens is 3. The van der Waals surface area contributed by atoms with Crippen molar-refractivity contribution in [3.63, 3.8) is 0 Å². The number of ether oxygens (including phenoxy) is 2. The standard InChI is InChI=1S/C35H38ClN5O3S/c1-7-43-34(42)30(44-35(3,4)5)28-19(2)14-26-31(29(28)20-8-11-22(36)12-9-20)45-33(38-26)21-10-13-27-25(15-21)32(39-40(27)6)41-17-23-16-24(18-41)37-23/h8-15,23-24,30,37H,7,16-18H2,1-6H3/t23?,24?,30-/m0/s1. The average molecular weight is 644 g/mol. The predicted molar refractivity (Wildman–Crippen MR) is 182 cm³/mol. The summed E-state index contributed by atoms with van der Waals surface area (Å²) < 4.78 is 15.0. The summed E-state index contributed by atoms with van der Waals surface area (Å²) in [6, 6.07) is 17.4. The number of benzene rings is 3. The number of anilines is 1. The number of hydrogen-bond donors (Lipinski definition) is 1. The highest BCUT2D eigenvalue weighted by Gasteiger charge is 2.38. The van der Waals surface area contributed by atoms with Crippen molar-refractivity contribution >= 4 is 55.8 Å². The van der Waals surface area contributed by atoms with Crippen LogP contribution in [0.3, 0.4) is 0 Å². The van der Waals surface area contributed by atoms with E-state index in [2.05, 4.69) is 34.5 Å². The number of fused-ring (bicyclic) bond motifs is 4. The number of piperazine rings is 1. The van der Waals surface area contributed by atoms with Crippen molar-refractivity contribution in [2.45, 2.75) is 64.8 Å². The maximum atomic E-state index is 13.5. The van der Waals surface area contributed by atoms with Crippen molar-refractivity contribution in [2.24, 2.45) is 7.05 Å². The molecule has 3 aliphatic heterocycles. The molecule has 10 heteroatoms. The number of thiazole rings is 1. The van der Waals surface area contributed by atoms with Crippen LogP contribution < -0.4 is 10.2 Å². The molecule has 5 aromatic rings. The van der Waals surface area contributed by atoms with Gasteiger partial charge in [-0.05, 0) is 88.6 Å². The van der Waals surface area contributed by atoms with E-state index in [9.17, 15) is 4.79 Å². The van der Waals surface area contributed by atoms with Crippen molar-refractivity contribution in [3.8, 4) is 21.7 Å². The zero-order valence-electron chi connectivity index (χ0n) is 26.5. The molecule has 0 spiro atoms. The maximum Gasteiger partial charge on any atom is 0.339 e. The molecule has 45 heavy (non-hydrogen) atoms. The number of carbonyl (C=O) groups excluding carboxylic acids is 1. The van der Waals surface area contributed by atoms with E-state index in [1.165, 1.54) is 6.42 Å². The van der Waals surface area contributed by atoms with Crippen LogP contribution >= 0.6 is 22.9 Å². The zero-order chi connectivity index (χ0) is 31.6. The number of aryl methyl sites for hydroxylation is 2. The number of nitrogens with zero attached hydrogens (tertiary/aromatic N) is 4. The second-order valence-electron chi connectivity index (χ2n) is 13.1. The van der Waals surface area contributed by atoms with Gasteiger partial charge in [0.2, 0.25) is 0 Å². The predicted octanol–water partition coefficient (Wildman–Crippen LogP) is 7.45. The first kappa shape index (κ1) is 30.2. The first-order chi connectivity index (χ1) is 21.5. The molecule has 3 aromatic carbocycles. The molecule has 2 unspecified atom stereocenters. The molecule has 2 aromatic heterocycles. The minimum absolute atomic E-state index is 0.263. The maximum absolute atomic E-state index is 13.5. The molecule has 0 saturated carbocycles. The van der Waals surface area contributed by atoms with E-state index in [-0.39, 0.29) is 6.61 Å². The van der Waals surface area contributed by atoms with E-state index in [0.29, 0.717) is 17.1 Å². The molecule has 3 aliphatic rings. The van der Waals surface area contributed by atoms with E-state index in [0.717, 1.165) is 72.9 Å². The van der Waals surface area contributed by atoms with Crippen molar-refractivity contribution in [3.05, 3.63) is 64.7 Å². The number of nitrogens with one attached hydrogen (secondary N) is 1. The molecule has 1 N–H and O–H groups in total. The Bertz CT molecular complexity index is 1910. The van der Waals surface area contributed by atoms with Crippen molar-refractivity contribution in [2.75, 3.05) is 24.6 Å². The molecular formula is C35H38ClN5O3S. The Labute approximate surface area is 272 Å². The number of halogens is 1. The van der Waals surface area contributed by atoms with E-state index < -0.39 is 17.7 Å². The summed E-state index contributed by atoms with van der Waals surface area (Å²) in [4.78, 5) is 21.1. The molecule has 234 valence electrons. The molecule has 8 nitrogen and oxygen atoms in total. The van der Waals surface area contributed by atoms with Crippen LogP contribution in [0, 0.1) is 6.92 Å². The van der Waals surface area contributed by atoms with E-state index in [1.54, 1.807) is 11.3 Å². The fraction of sp³-hybridized carbons (Fsp3) is 0.400. The van der Waals surface area contributed by atoms with Gasteiger partial charge in [-0.3, -0.25) is 4.68 Å². The summed E-state index contributed by atoms with van der Waals surface area (Å²) in [7, 11) is 2.01. The lowest BCUT2D eigenvalue weighted by molar-refractivity contribution is -0.166. The molecule has 3 fully saturated rings. The molecule has 5 heterocycles. The van der Waals surface area contributed by atoms with Crippen LogP contribution in [0.2, 0.25) is 5.02 Å². The van der Waals surface area contributed by atoms with Gasteiger partial charge in [-0.2, -0.15) is 5.10 Å². The fourth-order valence-electron chi connectivity index (χ4n) is 6.67. The normalized spacial score (nSPS) is 18.8. The third kappa shape index (κ3) is 5.60. The SMILES string of the molecule is CCOC(=O)[C@@H](OC(C)(C)C)c1c(C)cc2nc(-c3ccc4c(c3)c(N3CC5CC(C3)N5)nn4C)sc2c1-c1ccc(Cl)cc1. The third-order valence-electron chi connectivity index (χ3n) is 8.59. The minimum Gasteiger partial charge on any atom is -0.464 e. The molecular weight excluding hydrogens is 606 g/mol. The van der Waals surface area contributed by atoms with Crippen molar-refractivity contribution in [1.82, 2.24) is 20.1 Å². The van der Waals surface area contributed by atoms with Crippen LogP contribution in [0.4, 0.5) is 5.82 Å². The monoisotopic (exact) mass is 643 g/mol. The van der Waals surface area contributed by atoms with Crippen LogP contribution in [0.25, 0.3) is 42.8 Å². The van der Waals surface area contributed by atoms with Gasteiger partial charge in [0.25, 0.3) is 0 Å². The quantitative estimate of drug-likeness (QED) is 0.185. The second-order valence-corrected chi connectivity index (χ2v) is 14.5. The highest BCUT2D eigenvalue weighted by Crippen LogP contribution is 2.45. The molecule has 8 rings (SSSR count). The molecule has 0 radical (unpaired) electrons. The van der Waals surface area contributed by atoms with Crippen LogP contribution in [0.15, 0.2) is 48.5 Å². The van der Waals surface area contributed by atoms with Gasteiger partial charge in [-0.25, -0.2) is 9.78 Å². The first-order valence-corrected chi connectivity index (χ1v) is 16.7. The summed E-state index contributed by atoms with van der Waals surface area (Å²) >= 11 is 7.94. The summed E-state index contributed by atoms with van der Waals surface area (Å²) in [5.74, 6) is 0.623. The van der Waals surface area contributed by atoms with Crippen molar-refractivity contribution in [1.29, 1.82) is 0 Å². The smallest absolute Gasteiger partial charge is 0.339 e. The van der Waals surface area contributed by atoms with Crippen LogP contribution in [0.5, 0.6) is 0 Å². The zero-order valence-corrected chi connectivity index (χ0v) is 28.1. The van der Waals surface area contributed by atoms with Gasteiger partial charge in [0.15, 0.2) is 11.9 Å². The summed E-state index contributed by atoms with van der Waals surface area (Å²) in [5.41, 5.74) is 5.96. The van der Waals surface area contributed by atoms with E-state index in [1.807, 2.05) is 70.6 Å². The molecule has 0 amide bonds. The Morgan fingerprint density at radius 3 is 2.47 bits per heavy atom. The number of piperidine rings is 1. The first-order valence-electron chi connectivity index (χ1n) is 15.5. The lowest BCUT2D eigenvalue weighted by Crippen LogP contribution is -2.67. The Balaban J connectivity index is 1.40. The van der Waals surface area contributed by atoms with Crippen LogP contribution in [-0.2, 0) is 21.3 Å². The largest absolute Gasteiger partial charge is 0.464 e. The summed E-state index contributed by atoms with van der Waals surface area (Å²) in [6.07, 6.45) is 0.332. The Kier molecular flexibility index (Phi) is 7.63. The molecule has 3 atom stereocenters. The average Bonchev–Trinajstić information content (AvgIpc) is 3.56.